The topological polar surface area (TPSA) is 69.4 Å². The number of rotatable bonds is 5. The van der Waals surface area contributed by atoms with Crippen molar-refractivity contribution in [3.05, 3.63) is 90.4 Å². The Morgan fingerprint density at radius 2 is 1.71 bits per heavy atom. The van der Waals surface area contributed by atoms with Gasteiger partial charge in [0.2, 0.25) is 0 Å². The monoisotopic (exact) mass is 411 g/mol. The Morgan fingerprint density at radius 1 is 0.935 bits per heavy atom. The number of nitrogens with one attached hydrogen (secondary N) is 3. The molecule has 0 amide bonds. The number of aromatic amines is 2. The van der Waals surface area contributed by atoms with E-state index >= 15 is 0 Å². The maximum absolute atomic E-state index is 14.5. The quantitative estimate of drug-likeness (QED) is 0.321. The molecule has 0 saturated carbocycles. The molecule has 0 aliphatic carbocycles. The number of hydrogen-bond donors (Lipinski definition) is 3. The van der Waals surface area contributed by atoms with Gasteiger partial charge in [-0.05, 0) is 31.5 Å². The lowest BCUT2D eigenvalue weighted by molar-refractivity contribution is 0.631. The summed E-state index contributed by atoms with van der Waals surface area (Å²) in [5.74, 6) is 0.376. The van der Waals surface area contributed by atoms with Crippen LogP contribution in [0.5, 0.6) is 0 Å². The number of aryl methyl sites for hydroxylation is 1. The summed E-state index contributed by atoms with van der Waals surface area (Å²) in [6, 6.07) is 19.1. The van der Waals surface area contributed by atoms with Crippen LogP contribution in [-0.4, -0.2) is 19.9 Å². The van der Waals surface area contributed by atoms with Crippen molar-refractivity contribution in [1.82, 2.24) is 19.9 Å². The van der Waals surface area contributed by atoms with E-state index in [2.05, 4.69) is 50.4 Å². The summed E-state index contributed by atoms with van der Waals surface area (Å²) < 4.78 is 14.5. The molecule has 0 bridgehead atoms. The Bertz CT molecular complexity index is 1350. The summed E-state index contributed by atoms with van der Waals surface area (Å²) in [7, 11) is 0. The van der Waals surface area contributed by atoms with E-state index in [4.69, 9.17) is 0 Å². The summed E-state index contributed by atoms with van der Waals surface area (Å²) >= 11 is 0. The molecule has 0 aliphatic heterocycles. The second-order valence-electron chi connectivity index (χ2n) is 7.64. The van der Waals surface area contributed by atoms with Gasteiger partial charge in [-0.1, -0.05) is 48.5 Å². The summed E-state index contributed by atoms with van der Waals surface area (Å²) in [6.45, 7) is 4.13. The molecule has 154 valence electrons. The van der Waals surface area contributed by atoms with Crippen LogP contribution in [-0.2, 0) is 0 Å². The Morgan fingerprint density at radius 3 is 2.52 bits per heavy atom. The second-order valence-corrected chi connectivity index (χ2v) is 7.64. The number of benzene rings is 2. The number of nitrogens with zero attached hydrogens (tertiary/aromatic N) is 2. The molecule has 6 heteroatoms. The highest BCUT2D eigenvalue weighted by molar-refractivity contribution is 6.01. The lowest BCUT2D eigenvalue weighted by Gasteiger charge is -2.17. The number of aromatic nitrogens is 4. The first-order valence-electron chi connectivity index (χ1n) is 10.2. The largest absolute Gasteiger partial charge is 0.361 e. The fourth-order valence-electron chi connectivity index (χ4n) is 4.05. The van der Waals surface area contributed by atoms with Crippen LogP contribution in [0.3, 0.4) is 0 Å². The normalized spacial score (nSPS) is 12.2. The maximum atomic E-state index is 14.5. The van der Waals surface area contributed by atoms with Crippen LogP contribution >= 0.6 is 0 Å². The van der Waals surface area contributed by atoms with Gasteiger partial charge in [0, 0.05) is 34.3 Å². The van der Waals surface area contributed by atoms with Crippen LogP contribution in [0.4, 0.5) is 10.2 Å². The van der Waals surface area contributed by atoms with Crippen molar-refractivity contribution in [2.45, 2.75) is 19.9 Å². The third-order valence-electron chi connectivity index (χ3n) is 5.49. The third kappa shape index (κ3) is 3.46. The number of halogens is 1. The van der Waals surface area contributed by atoms with Crippen molar-refractivity contribution in [1.29, 1.82) is 0 Å². The van der Waals surface area contributed by atoms with E-state index in [1.807, 2.05) is 31.2 Å². The molecule has 5 rings (SSSR count). The summed E-state index contributed by atoms with van der Waals surface area (Å²) in [5, 5.41) is 4.28. The van der Waals surface area contributed by atoms with Crippen LogP contribution in [0.1, 0.15) is 24.4 Å². The molecule has 3 heterocycles. The highest BCUT2D eigenvalue weighted by Gasteiger charge is 2.19. The molecule has 1 unspecified atom stereocenters. The maximum Gasteiger partial charge on any atom is 0.143 e. The van der Waals surface area contributed by atoms with Gasteiger partial charge >= 0.3 is 0 Å². The SMILES string of the molecule is Cc1cc(-c2ccccc2)c(C(C)Nc2ncnc3[nH]cc(-c4ccccc4F)c23)[nH]1. The minimum atomic E-state index is -0.280. The van der Waals surface area contributed by atoms with E-state index in [0.717, 1.165) is 33.5 Å². The fraction of sp³-hybridized carbons (Fsp3) is 0.120. The van der Waals surface area contributed by atoms with Crippen LogP contribution in [0.25, 0.3) is 33.3 Å². The molecule has 2 aromatic carbocycles. The molecule has 0 saturated heterocycles. The lowest BCUT2D eigenvalue weighted by atomic mass is 10.0. The zero-order valence-corrected chi connectivity index (χ0v) is 17.3. The van der Waals surface area contributed by atoms with Crippen molar-refractivity contribution in [2.75, 3.05) is 5.32 Å². The lowest BCUT2D eigenvalue weighted by Crippen LogP contribution is -2.10. The van der Waals surface area contributed by atoms with E-state index in [-0.39, 0.29) is 11.9 Å². The average Bonchev–Trinajstić information content (AvgIpc) is 3.39. The van der Waals surface area contributed by atoms with Crippen LogP contribution in [0.15, 0.2) is 73.2 Å². The number of fused-ring (bicyclic) bond motifs is 1. The van der Waals surface area contributed by atoms with E-state index < -0.39 is 0 Å². The molecule has 3 N–H and O–H groups in total. The van der Waals surface area contributed by atoms with Gasteiger partial charge in [0.05, 0.1) is 11.4 Å². The molecule has 0 spiro atoms. The number of H-pyrrole nitrogens is 2. The Hall–Kier alpha value is -3.93. The van der Waals surface area contributed by atoms with Gasteiger partial charge in [-0.25, -0.2) is 14.4 Å². The molecular formula is C25H22FN5. The summed E-state index contributed by atoms with van der Waals surface area (Å²) in [4.78, 5) is 15.5. The fourth-order valence-corrected chi connectivity index (χ4v) is 4.05. The van der Waals surface area contributed by atoms with Crippen LogP contribution < -0.4 is 5.32 Å². The summed E-state index contributed by atoms with van der Waals surface area (Å²) in [6.07, 6.45) is 3.29. The third-order valence-corrected chi connectivity index (χ3v) is 5.49. The van der Waals surface area contributed by atoms with E-state index in [9.17, 15) is 4.39 Å². The van der Waals surface area contributed by atoms with E-state index in [1.165, 1.54) is 12.4 Å². The minimum absolute atomic E-state index is 0.0645. The number of anilines is 1. The predicted molar refractivity (Wildman–Crippen MR) is 122 cm³/mol. The van der Waals surface area contributed by atoms with Gasteiger partial charge in [0.25, 0.3) is 0 Å². The molecule has 5 nitrogen and oxygen atoms in total. The van der Waals surface area contributed by atoms with Gasteiger partial charge in [-0.15, -0.1) is 0 Å². The second kappa shape index (κ2) is 7.72. The molecule has 31 heavy (non-hydrogen) atoms. The Kier molecular flexibility index (Phi) is 4.75. The highest BCUT2D eigenvalue weighted by Crippen LogP contribution is 2.36. The van der Waals surface area contributed by atoms with Crippen LogP contribution in [0, 0.1) is 12.7 Å². The first-order chi connectivity index (χ1) is 15.1. The smallest absolute Gasteiger partial charge is 0.143 e. The van der Waals surface area contributed by atoms with Gasteiger partial charge < -0.3 is 15.3 Å². The zero-order valence-electron chi connectivity index (χ0n) is 17.3. The van der Waals surface area contributed by atoms with E-state index in [0.29, 0.717) is 17.0 Å². The first kappa shape index (κ1) is 19.1. The minimum Gasteiger partial charge on any atom is -0.361 e. The predicted octanol–water partition coefficient (Wildman–Crippen LogP) is 6.24. The first-order valence-corrected chi connectivity index (χ1v) is 10.2. The molecular weight excluding hydrogens is 389 g/mol. The molecule has 5 aromatic rings. The van der Waals surface area contributed by atoms with Crippen molar-refractivity contribution in [2.24, 2.45) is 0 Å². The molecule has 0 radical (unpaired) electrons. The Labute approximate surface area is 179 Å². The van der Waals surface area contributed by atoms with Crippen molar-refractivity contribution < 1.29 is 4.39 Å². The molecule has 0 aliphatic rings. The van der Waals surface area contributed by atoms with Crippen molar-refractivity contribution >= 4 is 16.9 Å². The zero-order chi connectivity index (χ0) is 21.4. The molecule has 3 aromatic heterocycles. The summed E-state index contributed by atoms with van der Waals surface area (Å²) in [5.41, 5.74) is 6.36. The van der Waals surface area contributed by atoms with E-state index in [1.54, 1.807) is 18.3 Å². The van der Waals surface area contributed by atoms with Crippen LogP contribution in [0.2, 0.25) is 0 Å². The van der Waals surface area contributed by atoms with Gasteiger partial charge in [0.1, 0.15) is 23.6 Å². The highest BCUT2D eigenvalue weighted by atomic mass is 19.1. The van der Waals surface area contributed by atoms with Gasteiger partial charge in [-0.2, -0.15) is 0 Å². The number of hydrogen-bond acceptors (Lipinski definition) is 3. The van der Waals surface area contributed by atoms with Gasteiger partial charge in [0.15, 0.2) is 0 Å². The van der Waals surface area contributed by atoms with Crippen molar-refractivity contribution in [3.63, 3.8) is 0 Å². The van der Waals surface area contributed by atoms with Crippen molar-refractivity contribution in [3.8, 4) is 22.3 Å². The van der Waals surface area contributed by atoms with Gasteiger partial charge in [-0.3, -0.25) is 0 Å². The Balaban J connectivity index is 1.57. The molecule has 1 atom stereocenters. The average molecular weight is 411 g/mol. The molecule has 0 fully saturated rings. The standard InChI is InChI=1S/C25H22FN5/c1-15-12-19(17-8-4-3-5-9-17)23(30-15)16(2)31-25-22-20(13-27-24(22)28-14-29-25)18-10-6-7-11-21(18)26/h3-14,16,30H,1-2H3,(H2,27,28,29,31).